The van der Waals surface area contributed by atoms with Crippen molar-refractivity contribution in [1.82, 2.24) is 29.5 Å². The van der Waals surface area contributed by atoms with Gasteiger partial charge in [0, 0.05) is 39.1 Å². The fraction of sp³-hybridized carbons (Fsp3) is 0.647. The number of aryl methyl sites for hydroxylation is 2. The Morgan fingerprint density at radius 3 is 2.68 bits per heavy atom. The van der Waals surface area contributed by atoms with Gasteiger partial charge in [0.05, 0.1) is 6.04 Å². The van der Waals surface area contributed by atoms with E-state index in [1.54, 1.807) is 10.8 Å². The van der Waals surface area contributed by atoms with Gasteiger partial charge < -0.3 is 14.0 Å². The lowest BCUT2D eigenvalue weighted by atomic mass is 9.76. The summed E-state index contributed by atoms with van der Waals surface area (Å²) in [6, 6.07) is 0.179. The van der Waals surface area contributed by atoms with E-state index in [-0.39, 0.29) is 17.4 Å². The zero-order valence-electron chi connectivity index (χ0n) is 15.0. The van der Waals surface area contributed by atoms with E-state index in [1.807, 2.05) is 25.1 Å². The Balaban J connectivity index is 1.43. The molecule has 1 unspecified atom stereocenters. The predicted molar refractivity (Wildman–Crippen MR) is 89.8 cm³/mol. The van der Waals surface area contributed by atoms with Gasteiger partial charge in [-0.1, -0.05) is 5.16 Å². The summed E-state index contributed by atoms with van der Waals surface area (Å²) in [7, 11) is 3.97. The molecular weight excluding hydrogens is 320 g/mol. The van der Waals surface area contributed by atoms with Crippen LogP contribution in [0, 0.1) is 12.3 Å². The largest absolute Gasteiger partial charge is 0.338 e. The summed E-state index contributed by atoms with van der Waals surface area (Å²) in [6.07, 6.45) is 6.48. The molecule has 0 radical (unpaired) electrons. The van der Waals surface area contributed by atoms with Crippen LogP contribution in [0.15, 0.2) is 16.9 Å². The summed E-state index contributed by atoms with van der Waals surface area (Å²) in [4.78, 5) is 25.5. The number of amides is 1. The summed E-state index contributed by atoms with van der Waals surface area (Å²) in [5, 5.41) is 3.93. The molecule has 4 rings (SSSR count). The standard InChI is InChI=1S/C17H24N6O2/c1-12-19-15(25-20-12)13-10-17(11-22(13)3)4-7-23(8-5-17)16(24)14-18-6-9-21(14)2/h6,9,13H,4-5,7-8,10-11H2,1-3H3. The van der Waals surface area contributed by atoms with Crippen LogP contribution in [-0.2, 0) is 7.05 Å². The van der Waals surface area contributed by atoms with Gasteiger partial charge in [-0.3, -0.25) is 9.69 Å². The molecule has 1 amide bonds. The van der Waals surface area contributed by atoms with Crippen LogP contribution >= 0.6 is 0 Å². The Kier molecular flexibility index (Phi) is 3.87. The number of likely N-dealkylation sites (tertiary alicyclic amines) is 2. The number of piperidine rings is 1. The van der Waals surface area contributed by atoms with Gasteiger partial charge in [0.1, 0.15) is 0 Å². The lowest BCUT2D eigenvalue weighted by molar-refractivity contribution is 0.0578. The monoisotopic (exact) mass is 344 g/mol. The number of hydrogen-bond donors (Lipinski definition) is 0. The Bertz CT molecular complexity index is 774. The molecule has 2 aliphatic heterocycles. The van der Waals surface area contributed by atoms with Gasteiger partial charge in [0.25, 0.3) is 5.91 Å². The van der Waals surface area contributed by atoms with Crippen molar-refractivity contribution in [3.8, 4) is 0 Å². The molecule has 0 aromatic carbocycles. The molecule has 1 spiro atoms. The molecule has 0 N–H and O–H groups in total. The van der Waals surface area contributed by atoms with Crippen LogP contribution in [0.1, 0.15) is 47.6 Å². The molecule has 0 aliphatic carbocycles. The lowest BCUT2D eigenvalue weighted by Crippen LogP contribution is -2.44. The number of carbonyl (C=O) groups is 1. The Morgan fingerprint density at radius 1 is 1.32 bits per heavy atom. The average molecular weight is 344 g/mol. The first-order valence-electron chi connectivity index (χ1n) is 8.74. The maximum atomic E-state index is 12.6. The highest BCUT2D eigenvalue weighted by atomic mass is 16.5. The lowest BCUT2D eigenvalue weighted by Gasteiger charge is -2.39. The third kappa shape index (κ3) is 2.84. The zero-order valence-corrected chi connectivity index (χ0v) is 15.0. The fourth-order valence-electron chi connectivity index (χ4n) is 4.25. The van der Waals surface area contributed by atoms with Gasteiger partial charge in [0.2, 0.25) is 5.89 Å². The Morgan fingerprint density at radius 2 is 2.08 bits per heavy atom. The van der Waals surface area contributed by atoms with Crippen molar-refractivity contribution >= 4 is 5.91 Å². The summed E-state index contributed by atoms with van der Waals surface area (Å²) in [6.45, 7) is 4.40. The predicted octanol–water partition coefficient (Wildman–Crippen LogP) is 1.41. The Hall–Kier alpha value is -2.22. The topological polar surface area (TPSA) is 80.3 Å². The van der Waals surface area contributed by atoms with Gasteiger partial charge in [-0.25, -0.2) is 4.98 Å². The number of carbonyl (C=O) groups excluding carboxylic acids is 1. The van der Waals surface area contributed by atoms with Crippen molar-refractivity contribution in [1.29, 1.82) is 0 Å². The highest BCUT2D eigenvalue weighted by Gasteiger charge is 2.47. The van der Waals surface area contributed by atoms with Crippen molar-refractivity contribution in [2.45, 2.75) is 32.2 Å². The van der Waals surface area contributed by atoms with E-state index >= 15 is 0 Å². The molecule has 0 saturated carbocycles. The van der Waals surface area contributed by atoms with E-state index in [0.29, 0.717) is 17.5 Å². The minimum absolute atomic E-state index is 0.0257. The molecule has 2 fully saturated rings. The molecule has 8 heteroatoms. The van der Waals surface area contributed by atoms with Crippen LogP contribution in [0.5, 0.6) is 0 Å². The molecule has 8 nitrogen and oxygen atoms in total. The van der Waals surface area contributed by atoms with Crippen molar-refractivity contribution in [2.75, 3.05) is 26.7 Å². The molecule has 2 saturated heterocycles. The number of aromatic nitrogens is 4. The number of hydrogen-bond acceptors (Lipinski definition) is 6. The Labute approximate surface area is 146 Å². The highest BCUT2D eigenvalue weighted by Crippen LogP contribution is 2.48. The van der Waals surface area contributed by atoms with Crippen LogP contribution in [-0.4, -0.2) is 62.1 Å². The van der Waals surface area contributed by atoms with Crippen LogP contribution in [0.4, 0.5) is 0 Å². The molecule has 2 aromatic rings. The molecular formula is C17H24N6O2. The maximum Gasteiger partial charge on any atom is 0.289 e. The van der Waals surface area contributed by atoms with Crippen LogP contribution in [0.2, 0.25) is 0 Å². The number of nitrogens with zero attached hydrogens (tertiary/aromatic N) is 6. The fourth-order valence-corrected chi connectivity index (χ4v) is 4.25. The number of imidazole rings is 1. The summed E-state index contributed by atoms with van der Waals surface area (Å²) < 4.78 is 7.18. The van der Waals surface area contributed by atoms with Crippen LogP contribution in [0.25, 0.3) is 0 Å². The molecule has 134 valence electrons. The van der Waals surface area contributed by atoms with E-state index in [0.717, 1.165) is 38.9 Å². The summed E-state index contributed by atoms with van der Waals surface area (Å²) >= 11 is 0. The minimum atomic E-state index is 0.0257. The summed E-state index contributed by atoms with van der Waals surface area (Å²) in [5.74, 6) is 1.93. The second-order valence-corrected chi connectivity index (χ2v) is 7.47. The first kappa shape index (κ1) is 16.3. The van der Waals surface area contributed by atoms with Crippen molar-refractivity contribution in [2.24, 2.45) is 12.5 Å². The third-order valence-electron chi connectivity index (χ3n) is 5.70. The smallest absolute Gasteiger partial charge is 0.289 e. The SMILES string of the molecule is Cc1noc(C2CC3(CCN(C(=O)c4nccn4C)CC3)CN2C)n1. The second-order valence-electron chi connectivity index (χ2n) is 7.47. The molecule has 25 heavy (non-hydrogen) atoms. The molecule has 1 atom stereocenters. The van der Waals surface area contributed by atoms with E-state index in [4.69, 9.17) is 4.52 Å². The van der Waals surface area contributed by atoms with Crippen molar-refractivity contribution in [3.05, 3.63) is 29.9 Å². The first-order chi connectivity index (χ1) is 12.0. The van der Waals surface area contributed by atoms with Crippen LogP contribution in [0.3, 0.4) is 0 Å². The van der Waals surface area contributed by atoms with Gasteiger partial charge in [-0.2, -0.15) is 4.98 Å². The van der Waals surface area contributed by atoms with Gasteiger partial charge in [-0.05, 0) is 38.6 Å². The summed E-state index contributed by atoms with van der Waals surface area (Å²) in [5.41, 5.74) is 0.222. The van der Waals surface area contributed by atoms with Gasteiger partial charge in [0.15, 0.2) is 11.6 Å². The molecule has 2 aromatic heterocycles. The maximum absolute atomic E-state index is 12.6. The third-order valence-corrected chi connectivity index (χ3v) is 5.70. The minimum Gasteiger partial charge on any atom is -0.338 e. The molecule has 4 heterocycles. The quantitative estimate of drug-likeness (QED) is 0.819. The van der Waals surface area contributed by atoms with E-state index in [2.05, 4.69) is 27.1 Å². The highest BCUT2D eigenvalue weighted by molar-refractivity contribution is 5.90. The van der Waals surface area contributed by atoms with Crippen molar-refractivity contribution < 1.29 is 9.32 Å². The van der Waals surface area contributed by atoms with Crippen molar-refractivity contribution in [3.63, 3.8) is 0 Å². The average Bonchev–Trinajstić information content (AvgIpc) is 3.28. The van der Waals surface area contributed by atoms with Gasteiger partial charge >= 0.3 is 0 Å². The van der Waals surface area contributed by atoms with E-state index in [9.17, 15) is 4.79 Å². The number of rotatable bonds is 2. The van der Waals surface area contributed by atoms with E-state index in [1.165, 1.54) is 0 Å². The second kappa shape index (κ2) is 5.94. The normalized spacial score (nSPS) is 23.5. The molecule has 0 bridgehead atoms. The molecule has 2 aliphatic rings. The van der Waals surface area contributed by atoms with Gasteiger partial charge in [-0.15, -0.1) is 0 Å². The van der Waals surface area contributed by atoms with Crippen LogP contribution < -0.4 is 0 Å². The zero-order chi connectivity index (χ0) is 17.6. The first-order valence-corrected chi connectivity index (χ1v) is 8.74. The van der Waals surface area contributed by atoms with E-state index < -0.39 is 0 Å².